The molecule has 0 heterocycles. The lowest BCUT2D eigenvalue weighted by Crippen LogP contribution is -2.15. The van der Waals surface area contributed by atoms with Crippen molar-refractivity contribution in [2.45, 2.75) is 25.4 Å². The molecular formula is C12H13BrO. The second-order valence-corrected chi connectivity index (χ2v) is 4.30. The summed E-state index contributed by atoms with van der Waals surface area (Å²) in [4.78, 5) is 0. The zero-order valence-electron chi connectivity index (χ0n) is 7.95. The van der Waals surface area contributed by atoms with Crippen molar-refractivity contribution in [3.8, 4) is 5.75 Å². The molecule has 1 unspecified atom stereocenters. The molecule has 0 amide bonds. The molecule has 0 aliphatic heterocycles. The predicted octanol–water partition coefficient (Wildman–Crippen LogP) is 3.94. The van der Waals surface area contributed by atoms with E-state index >= 15 is 0 Å². The van der Waals surface area contributed by atoms with E-state index in [0.717, 1.165) is 16.6 Å². The Morgan fingerprint density at radius 1 is 1.29 bits per heavy atom. The highest BCUT2D eigenvalue weighted by atomic mass is 79.9. The first kappa shape index (κ1) is 9.78. The highest BCUT2D eigenvalue weighted by Crippen LogP contribution is 2.26. The molecule has 0 aromatic heterocycles. The molecule has 1 aliphatic rings. The van der Waals surface area contributed by atoms with Crippen LogP contribution in [0.5, 0.6) is 5.75 Å². The van der Waals surface area contributed by atoms with Gasteiger partial charge in [-0.05, 0) is 53.4 Å². The Labute approximate surface area is 92.9 Å². The van der Waals surface area contributed by atoms with E-state index in [9.17, 15) is 0 Å². The lowest BCUT2D eigenvalue weighted by molar-refractivity contribution is 0.228. The summed E-state index contributed by atoms with van der Waals surface area (Å²) in [7, 11) is 0. The Bertz CT molecular complexity index is 333. The van der Waals surface area contributed by atoms with Crippen molar-refractivity contribution in [3.63, 3.8) is 0 Å². The highest BCUT2D eigenvalue weighted by Gasteiger charge is 2.10. The van der Waals surface area contributed by atoms with Gasteiger partial charge in [-0.15, -0.1) is 0 Å². The quantitative estimate of drug-likeness (QED) is 0.725. The smallest absolute Gasteiger partial charge is 0.134 e. The zero-order chi connectivity index (χ0) is 9.80. The van der Waals surface area contributed by atoms with Crippen LogP contribution in [0.25, 0.3) is 0 Å². The molecule has 14 heavy (non-hydrogen) atoms. The fourth-order valence-corrected chi connectivity index (χ4v) is 1.96. The number of allylic oxidation sites excluding steroid dienone is 1. The number of benzene rings is 1. The van der Waals surface area contributed by atoms with E-state index in [4.69, 9.17) is 4.74 Å². The molecule has 0 spiro atoms. The molecule has 1 aliphatic carbocycles. The van der Waals surface area contributed by atoms with Gasteiger partial charge in [-0.3, -0.25) is 0 Å². The molecule has 1 aromatic rings. The van der Waals surface area contributed by atoms with Gasteiger partial charge in [-0.1, -0.05) is 18.2 Å². The predicted molar refractivity (Wildman–Crippen MR) is 61.5 cm³/mol. The third-order valence-electron chi connectivity index (χ3n) is 2.33. The molecule has 0 saturated heterocycles. The molecule has 2 rings (SSSR count). The van der Waals surface area contributed by atoms with Crippen molar-refractivity contribution >= 4 is 15.9 Å². The molecule has 1 atom stereocenters. The summed E-state index contributed by atoms with van der Waals surface area (Å²) in [5.41, 5.74) is 0. The molecule has 1 nitrogen and oxygen atoms in total. The van der Waals surface area contributed by atoms with Crippen LogP contribution in [-0.2, 0) is 0 Å². The summed E-state index contributed by atoms with van der Waals surface area (Å²) in [6.07, 6.45) is 8.15. The molecule has 0 bridgehead atoms. The van der Waals surface area contributed by atoms with E-state index in [1.54, 1.807) is 0 Å². The van der Waals surface area contributed by atoms with Crippen LogP contribution in [0.3, 0.4) is 0 Å². The monoisotopic (exact) mass is 252 g/mol. The van der Waals surface area contributed by atoms with Gasteiger partial charge >= 0.3 is 0 Å². The van der Waals surface area contributed by atoms with Gasteiger partial charge in [-0.2, -0.15) is 0 Å². The van der Waals surface area contributed by atoms with Crippen LogP contribution in [0.2, 0.25) is 0 Å². The maximum Gasteiger partial charge on any atom is 0.134 e. The Balaban J connectivity index is 2.06. The largest absolute Gasteiger partial charge is 0.485 e. The summed E-state index contributed by atoms with van der Waals surface area (Å²) in [6.45, 7) is 0. The summed E-state index contributed by atoms with van der Waals surface area (Å²) in [6, 6.07) is 7.98. The Morgan fingerprint density at radius 2 is 2.14 bits per heavy atom. The first-order chi connectivity index (χ1) is 6.86. The highest BCUT2D eigenvalue weighted by molar-refractivity contribution is 9.10. The number of hydrogen-bond acceptors (Lipinski definition) is 1. The number of halogens is 1. The Morgan fingerprint density at radius 3 is 2.86 bits per heavy atom. The summed E-state index contributed by atoms with van der Waals surface area (Å²) < 4.78 is 6.88. The van der Waals surface area contributed by atoms with Gasteiger partial charge in [0.2, 0.25) is 0 Å². The second kappa shape index (κ2) is 4.65. The van der Waals surface area contributed by atoms with Gasteiger partial charge in [0, 0.05) is 0 Å². The summed E-state index contributed by atoms with van der Waals surface area (Å²) in [5, 5.41) is 0. The van der Waals surface area contributed by atoms with Gasteiger partial charge < -0.3 is 4.74 Å². The fourth-order valence-electron chi connectivity index (χ4n) is 1.58. The number of rotatable bonds is 2. The molecule has 1 aromatic carbocycles. The van der Waals surface area contributed by atoms with Crippen molar-refractivity contribution in [1.82, 2.24) is 0 Å². The first-order valence-electron chi connectivity index (χ1n) is 4.94. The van der Waals surface area contributed by atoms with E-state index < -0.39 is 0 Å². The van der Waals surface area contributed by atoms with Crippen molar-refractivity contribution in [1.29, 1.82) is 0 Å². The third-order valence-corrected chi connectivity index (χ3v) is 2.98. The topological polar surface area (TPSA) is 9.23 Å². The van der Waals surface area contributed by atoms with E-state index in [2.05, 4.69) is 28.1 Å². The van der Waals surface area contributed by atoms with E-state index in [0.29, 0.717) is 0 Å². The minimum absolute atomic E-state index is 0.252. The molecule has 0 N–H and O–H groups in total. The van der Waals surface area contributed by atoms with Crippen LogP contribution in [0.4, 0.5) is 0 Å². The van der Waals surface area contributed by atoms with Crippen LogP contribution in [0.15, 0.2) is 40.9 Å². The Kier molecular flexibility index (Phi) is 3.25. The summed E-state index contributed by atoms with van der Waals surface area (Å²) in [5.74, 6) is 0.934. The molecule has 74 valence electrons. The summed E-state index contributed by atoms with van der Waals surface area (Å²) >= 11 is 3.47. The maximum atomic E-state index is 5.85. The molecule has 0 radical (unpaired) electrons. The molecular weight excluding hydrogens is 240 g/mol. The molecule has 2 heteroatoms. The number of hydrogen-bond donors (Lipinski definition) is 0. The minimum atomic E-state index is 0.252. The Hall–Kier alpha value is -0.760. The van der Waals surface area contributed by atoms with Crippen molar-refractivity contribution in [3.05, 3.63) is 40.9 Å². The second-order valence-electron chi connectivity index (χ2n) is 3.45. The molecule has 0 saturated carbocycles. The van der Waals surface area contributed by atoms with E-state index in [1.165, 1.54) is 12.8 Å². The standard InChI is InChI=1S/C12H13BrO/c13-11-8-4-5-9-12(11)14-10-6-2-1-3-7-10/h2,4-6,8-10H,1,3,7H2. The lowest BCUT2D eigenvalue weighted by Gasteiger charge is -2.19. The zero-order valence-corrected chi connectivity index (χ0v) is 9.53. The molecule has 0 fully saturated rings. The number of ether oxygens (including phenoxy) is 1. The normalized spacial score (nSPS) is 20.8. The average Bonchev–Trinajstić information content (AvgIpc) is 2.23. The van der Waals surface area contributed by atoms with Crippen LogP contribution in [0.1, 0.15) is 19.3 Å². The van der Waals surface area contributed by atoms with Crippen LogP contribution in [-0.4, -0.2) is 6.10 Å². The third kappa shape index (κ3) is 2.38. The van der Waals surface area contributed by atoms with Gasteiger partial charge in [0.25, 0.3) is 0 Å². The van der Waals surface area contributed by atoms with Gasteiger partial charge in [0.15, 0.2) is 0 Å². The van der Waals surface area contributed by atoms with Crippen molar-refractivity contribution in [2.75, 3.05) is 0 Å². The first-order valence-corrected chi connectivity index (χ1v) is 5.73. The van der Waals surface area contributed by atoms with Crippen LogP contribution < -0.4 is 4.74 Å². The van der Waals surface area contributed by atoms with Crippen LogP contribution >= 0.6 is 15.9 Å². The maximum absolute atomic E-state index is 5.85. The van der Waals surface area contributed by atoms with E-state index in [1.807, 2.05) is 24.3 Å². The van der Waals surface area contributed by atoms with Crippen molar-refractivity contribution in [2.24, 2.45) is 0 Å². The van der Waals surface area contributed by atoms with Gasteiger partial charge in [0.1, 0.15) is 11.9 Å². The SMILES string of the molecule is Brc1ccccc1OC1C=CCCC1. The minimum Gasteiger partial charge on any atom is -0.485 e. The van der Waals surface area contributed by atoms with E-state index in [-0.39, 0.29) is 6.10 Å². The van der Waals surface area contributed by atoms with Crippen LogP contribution in [0, 0.1) is 0 Å². The van der Waals surface area contributed by atoms with Gasteiger partial charge in [-0.25, -0.2) is 0 Å². The lowest BCUT2D eigenvalue weighted by atomic mass is 10.1. The van der Waals surface area contributed by atoms with Gasteiger partial charge in [0.05, 0.1) is 4.47 Å². The number of para-hydroxylation sites is 1. The average molecular weight is 253 g/mol. The van der Waals surface area contributed by atoms with Crippen molar-refractivity contribution < 1.29 is 4.74 Å². The fraction of sp³-hybridized carbons (Fsp3) is 0.333.